The molecule has 0 radical (unpaired) electrons. The molecule has 0 bridgehead atoms. The van der Waals surface area contributed by atoms with Crippen LogP contribution < -0.4 is 5.32 Å². The van der Waals surface area contributed by atoms with Crippen molar-refractivity contribution in [2.75, 3.05) is 6.54 Å². The summed E-state index contributed by atoms with van der Waals surface area (Å²) in [5.74, 6) is -1.56. The Morgan fingerprint density at radius 1 is 1.47 bits per heavy atom. The minimum atomic E-state index is -1.53. The number of thiophene rings is 1. The molecule has 0 aliphatic heterocycles. The van der Waals surface area contributed by atoms with Gasteiger partial charge in [0.2, 0.25) is 5.91 Å². The quantitative estimate of drug-likeness (QED) is 0.668. The molecule has 1 rings (SSSR count). The van der Waals surface area contributed by atoms with E-state index in [1.54, 1.807) is 11.3 Å². The zero-order valence-corrected chi connectivity index (χ0v) is 10.1. The number of rotatable bonds is 7. The smallest absolute Gasteiger partial charge is 0.334 e. The number of aryl methyl sites for hydroxylation is 1. The van der Waals surface area contributed by atoms with Crippen molar-refractivity contribution in [3.63, 3.8) is 0 Å². The van der Waals surface area contributed by atoms with Crippen molar-refractivity contribution in [3.05, 3.63) is 22.4 Å². The number of nitrogens with one attached hydrogen (secondary N) is 1. The van der Waals surface area contributed by atoms with Crippen LogP contribution >= 0.6 is 11.3 Å². The minimum Gasteiger partial charge on any atom is -0.479 e. The van der Waals surface area contributed by atoms with Crippen molar-refractivity contribution in [2.45, 2.75) is 25.4 Å². The molecule has 3 N–H and O–H groups in total. The van der Waals surface area contributed by atoms with Crippen LogP contribution in [0.3, 0.4) is 0 Å². The Kier molecular flexibility index (Phi) is 5.65. The lowest BCUT2D eigenvalue weighted by Gasteiger charge is -2.07. The first-order valence-corrected chi connectivity index (χ1v) is 6.17. The van der Waals surface area contributed by atoms with Crippen LogP contribution in [0.2, 0.25) is 0 Å². The lowest BCUT2D eigenvalue weighted by atomic mass is 10.2. The standard InChI is InChI=1S/C11H15NO4S/c13-9(11(15)16)7-12-10(14)5-1-3-8-4-2-6-17-8/h2,4,6,9,13H,1,3,5,7H2,(H,12,14)(H,15,16). The molecule has 0 aliphatic carbocycles. The van der Waals surface area contributed by atoms with Gasteiger partial charge in [0.25, 0.3) is 0 Å². The SMILES string of the molecule is O=C(CCCc1cccs1)NCC(O)C(=O)O. The Labute approximate surface area is 103 Å². The Morgan fingerprint density at radius 3 is 2.82 bits per heavy atom. The van der Waals surface area contributed by atoms with Crippen LogP contribution in [0.25, 0.3) is 0 Å². The third kappa shape index (κ3) is 5.46. The summed E-state index contributed by atoms with van der Waals surface area (Å²) in [5.41, 5.74) is 0. The second kappa shape index (κ2) is 7.03. The maximum absolute atomic E-state index is 11.3. The summed E-state index contributed by atoms with van der Waals surface area (Å²) in [5, 5.41) is 21.7. The van der Waals surface area contributed by atoms with E-state index in [9.17, 15) is 9.59 Å². The minimum absolute atomic E-state index is 0.234. The molecule has 1 aromatic heterocycles. The van der Waals surface area contributed by atoms with Gasteiger partial charge in [-0.1, -0.05) is 6.07 Å². The van der Waals surface area contributed by atoms with Crippen LogP contribution in [0, 0.1) is 0 Å². The van der Waals surface area contributed by atoms with Crippen molar-refractivity contribution < 1.29 is 19.8 Å². The first-order chi connectivity index (χ1) is 8.09. The Balaban J connectivity index is 2.11. The molecule has 0 spiro atoms. The van der Waals surface area contributed by atoms with Gasteiger partial charge < -0.3 is 15.5 Å². The molecule has 0 aromatic carbocycles. The van der Waals surface area contributed by atoms with Crippen molar-refractivity contribution in [1.82, 2.24) is 5.32 Å². The van der Waals surface area contributed by atoms with Crippen LogP contribution in [0.5, 0.6) is 0 Å². The van der Waals surface area contributed by atoms with Gasteiger partial charge in [0, 0.05) is 11.3 Å². The zero-order chi connectivity index (χ0) is 12.7. The monoisotopic (exact) mass is 257 g/mol. The van der Waals surface area contributed by atoms with Crippen molar-refractivity contribution in [3.8, 4) is 0 Å². The molecule has 0 fully saturated rings. The van der Waals surface area contributed by atoms with Crippen molar-refractivity contribution in [1.29, 1.82) is 0 Å². The van der Waals surface area contributed by atoms with Crippen molar-refractivity contribution in [2.24, 2.45) is 0 Å². The molecule has 0 aliphatic rings. The molecule has 0 saturated heterocycles. The van der Waals surface area contributed by atoms with Gasteiger partial charge in [-0.3, -0.25) is 4.79 Å². The summed E-state index contributed by atoms with van der Waals surface area (Å²) in [6.45, 7) is -0.243. The lowest BCUT2D eigenvalue weighted by Crippen LogP contribution is -2.36. The molecular weight excluding hydrogens is 242 g/mol. The number of carboxylic acids is 1. The average molecular weight is 257 g/mol. The van der Waals surface area contributed by atoms with E-state index in [-0.39, 0.29) is 12.5 Å². The van der Waals surface area contributed by atoms with E-state index in [4.69, 9.17) is 10.2 Å². The molecular formula is C11H15NO4S. The Bertz CT molecular complexity index is 364. The first-order valence-electron chi connectivity index (χ1n) is 5.29. The maximum atomic E-state index is 11.3. The van der Waals surface area contributed by atoms with Crippen LogP contribution in [0.15, 0.2) is 17.5 Å². The molecule has 6 heteroatoms. The van der Waals surface area contributed by atoms with E-state index in [2.05, 4.69) is 5.32 Å². The highest BCUT2D eigenvalue weighted by molar-refractivity contribution is 7.09. The number of hydrogen-bond acceptors (Lipinski definition) is 4. The van der Waals surface area contributed by atoms with E-state index in [0.29, 0.717) is 6.42 Å². The normalized spacial score (nSPS) is 12.1. The van der Waals surface area contributed by atoms with Crippen LogP contribution in [-0.4, -0.2) is 34.7 Å². The summed E-state index contributed by atoms with van der Waals surface area (Å²) in [7, 11) is 0. The number of aliphatic hydroxyl groups is 1. The van der Waals surface area contributed by atoms with Gasteiger partial charge in [-0.15, -0.1) is 11.3 Å². The van der Waals surface area contributed by atoms with Crippen LogP contribution in [0.1, 0.15) is 17.7 Å². The van der Waals surface area contributed by atoms with E-state index >= 15 is 0 Å². The number of carboxylic acid groups (broad SMARTS) is 1. The Morgan fingerprint density at radius 2 is 2.24 bits per heavy atom. The molecule has 5 nitrogen and oxygen atoms in total. The van der Waals surface area contributed by atoms with E-state index in [0.717, 1.165) is 12.8 Å². The fourth-order valence-electron chi connectivity index (χ4n) is 1.26. The van der Waals surface area contributed by atoms with Gasteiger partial charge >= 0.3 is 5.97 Å². The Hall–Kier alpha value is -1.40. The second-order valence-electron chi connectivity index (χ2n) is 3.59. The molecule has 1 heterocycles. The van der Waals surface area contributed by atoms with Gasteiger partial charge in [0.1, 0.15) is 0 Å². The van der Waals surface area contributed by atoms with Crippen LogP contribution in [0.4, 0.5) is 0 Å². The highest BCUT2D eigenvalue weighted by Gasteiger charge is 2.13. The summed E-state index contributed by atoms with van der Waals surface area (Å²) < 4.78 is 0. The van der Waals surface area contributed by atoms with E-state index < -0.39 is 12.1 Å². The fourth-order valence-corrected chi connectivity index (χ4v) is 2.02. The van der Waals surface area contributed by atoms with E-state index in [1.807, 2.05) is 17.5 Å². The number of amides is 1. The molecule has 94 valence electrons. The van der Waals surface area contributed by atoms with Gasteiger partial charge in [0.05, 0.1) is 6.54 Å². The predicted molar refractivity (Wildman–Crippen MR) is 63.9 cm³/mol. The summed E-state index contributed by atoms with van der Waals surface area (Å²) in [6, 6.07) is 3.97. The number of carbonyl (C=O) groups is 2. The topological polar surface area (TPSA) is 86.6 Å². The van der Waals surface area contributed by atoms with Gasteiger partial charge in [0.15, 0.2) is 6.10 Å². The first kappa shape index (κ1) is 13.7. The van der Waals surface area contributed by atoms with Crippen molar-refractivity contribution >= 4 is 23.2 Å². The molecule has 1 atom stereocenters. The van der Waals surface area contributed by atoms with Crippen LogP contribution in [-0.2, 0) is 16.0 Å². The zero-order valence-electron chi connectivity index (χ0n) is 9.26. The fraction of sp³-hybridized carbons (Fsp3) is 0.455. The molecule has 1 aromatic rings. The summed E-state index contributed by atoms with van der Waals surface area (Å²) >= 11 is 1.65. The number of hydrogen-bond donors (Lipinski definition) is 3. The number of aliphatic carboxylic acids is 1. The number of carbonyl (C=O) groups excluding carboxylic acids is 1. The highest BCUT2D eigenvalue weighted by atomic mass is 32.1. The number of aliphatic hydroxyl groups excluding tert-OH is 1. The highest BCUT2D eigenvalue weighted by Crippen LogP contribution is 2.11. The second-order valence-corrected chi connectivity index (χ2v) is 4.62. The molecule has 1 unspecified atom stereocenters. The molecule has 0 saturated carbocycles. The van der Waals surface area contributed by atoms with Gasteiger partial charge in [-0.05, 0) is 24.3 Å². The largest absolute Gasteiger partial charge is 0.479 e. The maximum Gasteiger partial charge on any atom is 0.334 e. The average Bonchev–Trinajstić information content (AvgIpc) is 2.78. The van der Waals surface area contributed by atoms with Gasteiger partial charge in [-0.25, -0.2) is 4.79 Å². The lowest BCUT2D eigenvalue weighted by molar-refractivity contribution is -0.146. The summed E-state index contributed by atoms with van der Waals surface area (Å²) in [6.07, 6.45) is 0.364. The predicted octanol–water partition coefficient (Wildman–Crippen LogP) is 0.632. The summed E-state index contributed by atoms with van der Waals surface area (Å²) in [4.78, 5) is 22.8. The van der Waals surface area contributed by atoms with Gasteiger partial charge in [-0.2, -0.15) is 0 Å². The molecule has 17 heavy (non-hydrogen) atoms. The molecule has 1 amide bonds. The third-order valence-electron chi connectivity index (χ3n) is 2.18. The van der Waals surface area contributed by atoms with E-state index in [1.165, 1.54) is 4.88 Å². The third-order valence-corrected chi connectivity index (χ3v) is 3.12.